The summed E-state index contributed by atoms with van der Waals surface area (Å²) < 4.78 is 21.7. The molecule has 1 aromatic heterocycles. The Bertz CT molecular complexity index is 1090. The Labute approximate surface area is 186 Å². The number of hydrogen-bond acceptors (Lipinski definition) is 4. The lowest BCUT2D eigenvalue weighted by Crippen LogP contribution is -2.19. The van der Waals surface area contributed by atoms with Gasteiger partial charge in [0.2, 0.25) is 0 Å². The number of aryl methyl sites for hydroxylation is 1. The van der Waals surface area contributed by atoms with E-state index in [9.17, 15) is 4.39 Å². The second-order valence-electron chi connectivity index (χ2n) is 7.11. The molecule has 0 saturated heterocycles. The van der Waals surface area contributed by atoms with E-state index < -0.39 is 5.82 Å². The maximum absolute atomic E-state index is 14.0. The van der Waals surface area contributed by atoms with Gasteiger partial charge in [0.25, 0.3) is 0 Å². The van der Waals surface area contributed by atoms with Gasteiger partial charge in [0.15, 0.2) is 11.6 Å². The normalized spacial score (nSPS) is 12.0. The maximum Gasteiger partial charge on any atom is 0.174 e. The Morgan fingerprint density at radius 2 is 2.06 bits per heavy atom. The van der Waals surface area contributed by atoms with Gasteiger partial charge in [-0.2, -0.15) is 0 Å². The van der Waals surface area contributed by atoms with Crippen molar-refractivity contribution < 1.29 is 14.0 Å². The Kier molecular flexibility index (Phi) is 7.52. The van der Waals surface area contributed by atoms with E-state index in [1.165, 1.54) is 19.2 Å². The number of oxime groups is 1. The van der Waals surface area contributed by atoms with E-state index in [0.717, 1.165) is 28.8 Å². The molecule has 1 heterocycles. The highest BCUT2D eigenvalue weighted by molar-refractivity contribution is 6.32. The van der Waals surface area contributed by atoms with Crippen LogP contribution < -0.4 is 4.74 Å². The molecule has 0 bridgehead atoms. The molecule has 0 radical (unpaired) electrons. The monoisotopic (exact) mass is 444 g/mol. The molecular formula is C23H26ClFN4O2. The van der Waals surface area contributed by atoms with Crippen molar-refractivity contribution in [2.24, 2.45) is 10.1 Å². The van der Waals surface area contributed by atoms with Gasteiger partial charge in [-0.15, -0.1) is 0 Å². The molecule has 0 aliphatic carbocycles. The van der Waals surface area contributed by atoms with E-state index in [1.807, 2.05) is 43.4 Å². The third-order valence-corrected chi connectivity index (χ3v) is 5.16. The SMILES string of the molecule is CCN(C)C=Nc1ccc2c(c1)cc(C)n2C/C(COc1c(F)cccc1Cl)=N/OC. The highest BCUT2D eigenvalue weighted by atomic mass is 35.5. The molecule has 0 amide bonds. The summed E-state index contributed by atoms with van der Waals surface area (Å²) in [5.41, 5.74) is 3.56. The molecule has 0 fully saturated rings. The number of fused-ring (bicyclic) bond motifs is 1. The zero-order valence-corrected chi connectivity index (χ0v) is 18.9. The van der Waals surface area contributed by atoms with Gasteiger partial charge in [-0.25, -0.2) is 9.38 Å². The molecule has 0 atom stereocenters. The number of aliphatic imine (C=N–C) groups is 1. The van der Waals surface area contributed by atoms with Gasteiger partial charge in [0, 0.05) is 30.2 Å². The van der Waals surface area contributed by atoms with Crippen molar-refractivity contribution in [3.05, 3.63) is 59.0 Å². The third-order valence-electron chi connectivity index (χ3n) is 4.86. The Hall–Kier alpha value is -3.06. The molecule has 6 nitrogen and oxygen atoms in total. The molecule has 2 aromatic carbocycles. The standard InChI is InChI=1S/C23H26ClFN4O2/c1-5-28(3)15-26-18-9-10-22-17(12-18)11-16(2)29(22)13-19(27-30-4)14-31-23-20(24)7-6-8-21(23)25/h6-12,15H,5,13-14H2,1-4H3/b26-15?,27-19-. The highest BCUT2D eigenvalue weighted by Crippen LogP contribution is 2.28. The number of rotatable bonds is 9. The first-order valence-electron chi connectivity index (χ1n) is 9.93. The Morgan fingerprint density at radius 3 is 2.77 bits per heavy atom. The first-order chi connectivity index (χ1) is 14.9. The zero-order valence-electron chi connectivity index (χ0n) is 18.1. The number of para-hydroxylation sites is 1. The highest BCUT2D eigenvalue weighted by Gasteiger charge is 2.13. The molecule has 164 valence electrons. The minimum absolute atomic E-state index is 0.00149. The van der Waals surface area contributed by atoms with Crippen LogP contribution >= 0.6 is 11.6 Å². The van der Waals surface area contributed by atoms with Crippen molar-refractivity contribution in [3.8, 4) is 5.75 Å². The lowest BCUT2D eigenvalue weighted by atomic mass is 10.2. The minimum atomic E-state index is -0.520. The van der Waals surface area contributed by atoms with Crippen LogP contribution in [-0.2, 0) is 11.4 Å². The van der Waals surface area contributed by atoms with Crippen molar-refractivity contribution in [2.45, 2.75) is 20.4 Å². The summed E-state index contributed by atoms with van der Waals surface area (Å²) in [4.78, 5) is 11.5. The molecule has 0 N–H and O–H groups in total. The number of benzene rings is 2. The van der Waals surface area contributed by atoms with Crippen molar-refractivity contribution >= 4 is 40.2 Å². The second-order valence-corrected chi connectivity index (χ2v) is 7.52. The maximum atomic E-state index is 14.0. The quantitative estimate of drug-likeness (QED) is 0.251. The van der Waals surface area contributed by atoms with Gasteiger partial charge in [-0.1, -0.05) is 22.8 Å². The second kappa shape index (κ2) is 10.3. The number of halogens is 2. The van der Waals surface area contributed by atoms with E-state index in [2.05, 4.69) is 27.7 Å². The van der Waals surface area contributed by atoms with Gasteiger partial charge in [-0.05, 0) is 50.2 Å². The summed E-state index contributed by atoms with van der Waals surface area (Å²) in [6.07, 6.45) is 1.82. The predicted octanol–water partition coefficient (Wildman–Crippen LogP) is 5.44. The van der Waals surface area contributed by atoms with Crippen LogP contribution in [0, 0.1) is 12.7 Å². The first-order valence-corrected chi connectivity index (χ1v) is 10.3. The fourth-order valence-corrected chi connectivity index (χ4v) is 3.34. The van der Waals surface area contributed by atoms with E-state index in [0.29, 0.717) is 12.3 Å². The summed E-state index contributed by atoms with van der Waals surface area (Å²) in [5, 5.41) is 5.35. The fourth-order valence-electron chi connectivity index (χ4n) is 3.12. The van der Waals surface area contributed by atoms with E-state index >= 15 is 0 Å². The van der Waals surface area contributed by atoms with Crippen LogP contribution in [0.3, 0.4) is 0 Å². The van der Waals surface area contributed by atoms with Crippen LogP contribution in [0.25, 0.3) is 10.9 Å². The van der Waals surface area contributed by atoms with Crippen molar-refractivity contribution in [1.82, 2.24) is 9.47 Å². The van der Waals surface area contributed by atoms with Gasteiger partial charge in [0.1, 0.15) is 19.4 Å². The van der Waals surface area contributed by atoms with E-state index in [-0.39, 0.29) is 17.4 Å². The molecule has 31 heavy (non-hydrogen) atoms. The van der Waals surface area contributed by atoms with Crippen LogP contribution in [0.1, 0.15) is 12.6 Å². The average molecular weight is 445 g/mol. The summed E-state index contributed by atoms with van der Waals surface area (Å²) in [6.45, 7) is 5.45. The lowest BCUT2D eigenvalue weighted by Gasteiger charge is -2.13. The van der Waals surface area contributed by atoms with Crippen LogP contribution in [-0.4, -0.2) is 48.8 Å². The summed E-state index contributed by atoms with van der Waals surface area (Å²) in [7, 11) is 3.45. The minimum Gasteiger partial charge on any atom is -0.483 e. The summed E-state index contributed by atoms with van der Waals surface area (Å²) in [5.74, 6) is -0.518. The molecule has 3 rings (SSSR count). The van der Waals surface area contributed by atoms with Crippen LogP contribution in [0.4, 0.5) is 10.1 Å². The van der Waals surface area contributed by atoms with Crippen LogP contribution in [0.15, 0.2) is 52.6 Å². The van der Waals surface area contributed by atoms with Gasteiger partial charge >= 0.3 is 0 Å². The molecule has 0 aliphatic rings. The van der Waals surface area contributed by atoms with Crippen LogP contribution in [0.2, 0.25) is 5.02 Å². The molecule has 0 aliphatic heterocycles. The Balaban J connectivity index is 1.81. The van der Waals surface area contributed by atoms with Gasteiger partial charge < -0.3 is 19.0 Å². The molecule has 0 saturated carbocycles. The molecule has 0 spiro atoms. The molecule has 8 heteroatoms. The largest absolute Gasteiger partial charge is 0.483 e. The van der Waals surface area contributed by atoms with Crippen molar-refractivity contribution in [1.29, 1.82) is 0 Å². The molecular weight excluding hydrogens is 419 g/mol. The smallest absolute Gasteiger partial charge is 0.174 e. The van der Waals surface area contributed by atoms with Crippen molar-refractivity contribution in [3.63, 3.8) is 0 Å². The first kappa shape index (κ1) is 22.6. The van der Waals surface area contributed by atoms with E-state index in [1.54, 1.807) is 6.07 Å². The number of aromatic nitrogens is 1. The van der Waals surface area contributed by atoms with Crippen molar-refractivity contribution in [2.75, 3.05) is 27.3 Å². The fraction of sp³-hybridized carbons (Fsp3) is 0.304. The van der Waals surface area contributed by atoms with E-state index in [4.69, 9.17) is 21.2 Å². The molecule has 3 aromatic rings. The summed E-state index contributed by atoms with van der Waals surface area (Å²) >= 11 is 6.05. The molecule has 0 unspecified atom stereocenters. The topological polar surface area (TPSA) is 51.4 Å². The van der Waals surface area contributed by atoms with Gasteiger partial charge in [0.05, 0.1) is 23.6 Å². The lowest BCUT2D eigenvalue weighted by molar-refractivity contribution is 0.208. The number of hydrogen-bond donors (Lipinski definition) is 0. The van der Waals surface area contributed by atoms with Gasteiger partial charge in [-0.3, -0.25) is 0 Å². The summed E-state index contributed by atoms with van der Waals surface area (Å²) in [6, 6.07) is 12.5. The third kappa shape index (κ3) is 5.55. The zero-order chi connectivity index (χ0) is 22.4. The average Bonchev–Trinajstić information content (AvgIpc) is 3.05. The van der Waals surface area contributed by atoms with Crippen LogP contribution in [0.5, 0.6) is 5.75 Å². The number of ether oxygens (including phenoxy) is 1. The number of nitrogens with zero attached hydrogens (tertiary/aromatic N) is 4. The Morgan fingerprint density at radius 1 is 1.26 bits per heavy atom. The predicted molar refractivity (Wildman–Crippen MR) is 124 cm³/mol.